The van der Waals surface area contributed by atoms with E-state index in [9.17, 15) is 5.11 Å². The molecule has 0 saturated heterocycles. The van der Waals surface area contributed by atoms with Crippen LogP contribution >= 0.6 is 0 Å². The van der Waals surface area contributed by atoms with E-state index in [2.05, 4.69) is 103 Å². The van der Waals surface area contributed by atoms with Gasteiger partial charge in [0, 0.05) is 0 Å². The highest BCUT2D eigenvalue weighted by Crippen LogP contribution is 2.34. The maximum absolute atomic E-state index is 11.1. The minimum Gasteiger partial charge on any atom is -0.393 e. The molecule has 2 atom stereocenters. The highest BCUT2D eigenvalue weighted by atomic mass is 28.3. The molecule has 2 heteroatoms. The van der Waals surface area contributed by atoms with Crippen molar-refractivity contribution in [3.05, 3.63) is 103 Å². The van der Waals surface area contributed by atoms with Gasteiger partial charge in [-0.05, 0) is 33.9 Å². The lowest BCUT2D eigenvalue weighted by atomic mass is 10.0. The Balaban J connectivity index is 2.05. The molecule has 0 spiro atoms. The van der Waals surface area contributed by atoms with Gasteiger partial charge >= 0.3 is 0 Å². The van der Waals surface area contributed by atoms with Crippen LogP contribution < -0.4 is 15.6 Å². The fourth-order valence-corrected chi connectivity index (χ4v) is 10.2. The quantitative estimate of drug-likeness (QED) is 0.432. The van der Waals surface area contributed by atoms with E-state index in [-0.39, 0.29) is 11.6 Å². The summed E-state index contributed by atoms with van der Waals surface area (Å²) in [6.45, 7) is 0. The molecule has 130 valence electrons. The molecule has 0 amide bonds. The lowest BCUT2D eigenvalue weighted by Crippen LogP contribution is -2.71. The van der Waals surface area contributed by atoms with Gasteiger partial charge in [-0.15, -0.1) is 0 Å². The van der Waals surface area contributed by atoms with E-state index in [1.165, 1.54) is 15.6 Å². The minimum absolute atomic E-state index is 0.222. The molecule has 1 aliphatic rings. The molecular formula is C24H24OSi. The zero-order chi connectivity index (χ0) is 17.8. The lowest BCUT2D eigenvalue weighted by Gasteiger charge is -2.43. The van der Waals surface area contributed by atoms with E-state index < -0.39 is 8.07 Å². The van der Waals surface area contributed by atoms with Crippen molar-refractivity contribution < 1.29 is 5.11 Å². The Labute approximate surface area is 156 Å². The molecule has 3 aromatic carbocycles. The Morgan fingerprint density at radius 3 is 1.35 bits per heavy atom. The Morgan fingerprint density at radius 2 is 0.962 bits per heavy atom. The van der Waals surface area contributed by atoms with E-state index in [1.807, 2.05) is 0 Å². The second kappa shape index (κ2) is 7.44. The van der Waals surface area contributed by atoms with Gasteiger partial charge in [0.25, 0.3) is 0 Å². The van der Waals surface area contributed by atoms with Gasteiger partial charge in [-0.2, -0.15) is 0 Å². The van der Waals surface area contributed by atoms with Gasteiger partial charge in [0.05, 0.1) is 6.10 Å². The molecule has 0 fully saturated rings. The third kappa shape index (κ3) is 2.85. The molecule has 1 aliphatic carbocycles. The number of benzene rings is 3. The normalized spacial score (nSPS) is 20.0. The van der Waals surface area contributed by atoms with Crippen LogP contribution in [0.5, 0.6) is 0 Å². The molecule has 1 N–H and O–H groups in total. The van der Waals surface area contributed by atoms with Gasteiger partial charge in [0.1, 0.15) is 0 Å². The Bertz CT molecular complexity index is 762. The molecular weight excluding hydrogens is 332 g/mol. The topological polar surface area (TPSA) is 20.2 Å². The number of rotatable bonds is 4. The zero-order valence-electron chi connectivity index (χ0n) is 14.8. The number of allylic oxidation sites excluding steroid dienone is 1. The van der Waals surface area contributed by atoms with Crippen LogP contribution in [0, 0.1) is 0 Å². The van der Waals surface area contributed by atoms with E-state index in [1.54, 1.807) is 0 Å². The fraction of sp³-hybridized carbons (Fsp3) is 0.167. The van der Waals surface area contributed by atoms with Crippen molar-refractivity contribution in [3.8, 4) is 0 Å². The summed E-state index contributed by atoms with van der Waals surface area (Å²) in [6.07, 6.45) is 5.74. The Hall–Kier alpha value is -2.42. The van der Waals surface area contributed by atoms with Crippen molar-refractivity contribution in [2.24, 2.45) is 0 Å². The maximum Gasteiger partial charge on any atom is 0.154 e. The molecule has 0 radical (unpaired) electrons. The third-order valence-corrected chi connectivity index (χ3v) is 11.1. The van der Waals surface area contributed by atoms with Crippen molar-refractivity contribution in [2.45, 2.75) is 24.5 Å². The van der Waals surface area contributed by atoms with Crippen LogP contribution in [0.15, 0.2) is 103 Å². The van der Waals surface area contributed by atoms with Crippen LogP contribution in [0.2, 0.25) is 5.54 Å². The van der Waals surface area contributed by atoms with Crippen molar-refractivity contribution in [1.82, 2.24) is 0 Å². The number of hydrogen-bond acceptors (Lipinski definition) is 1. The highest BCUT2D eigenvalue weighted by Gasteiger charge is 2.48. The number of aliphatic hydroxyl groups is 1. The minimum atomic E-state index is -2.39. The number of aliphatic hydroxyl groups excluding tert-OH is 1. The predicted octanol–water partition coefficient (Wildman–Crippen LogP) is 3.24. The summed E-state index contributed by atoms with van der Waals surface area (Å²) in [5, 5.41) is 15.2. The highest BCUT2D eigenvalue weighted by molar-refractivity contribution is 7.12. The first kappa shape index (κ1) is 17.0. The van der Waals surface area contributed by atoms with Crippen molar-refractivity contribution >= 4 is 23.6 Å². The molecule has 0 aliphatic heterocycles. The van der Waals surface area contributed by atoms with Crippen LogP contribution in [0.25, 0.3) is 0 Å². The molecule has 0 heterocycles. The molecule has 3 aromatic rings. The van der Waals surface area contributed by atoms with E-state index in [4.69, 9.17) is 0 Å². The molecule has 26 heavy (non-hydrogen) atoms. The predicted molar refractivity (Wildman–Crippen MR) is 112 cm³/mol. The standard InChI is InChI=1S/C24H24OSi/c25-23-18-10-11-19-24(23)26(20-12-4-1-5-13-20,21-14-6-2-7-15-21)22-16-8-3-9-17-22/h1-17,23-25H,18-19H2/t23-,24-/m1/s1. The largest absolute Gasteiger partial charge is 0.393 e. The molecule has 0 saturated carbocycles. The fourth-order valence-electron chi connectivity index (χ4n) is 4.51. The molecule has 0 aromatic heterocycles. The summed E-state index contributed by atoms with van der Waals surface area (Å²) in [6, 6.07) is 32.6. The lowest BCUT2D eigenvalue weighted by molar-refractivity contribution is 0.163. The summed E-state index contributed by atoms with van der Waals surface area (Å²) in [4.78, 5) is 0. The van der Waals surface area contributed by atoms with Gasteiger partial charge in [-0.3, -0.25) is 0 Å². The number of hydrogen-bond donors (Lipinski definition) is 1. The Kier molecular flexibility index (Phi) is 4.87. The van der Waals surface area contributed by atoms with Crippen LogP contribution in [0.3, 0.4) is 0 Å². The van der Waals surface area contributed by atoms with Crippen LogP contribution in [0.4, 0.5) is 0 Å². The second-order valence-corrected chi connectivity index (χ2v) is 11.1. The van der Waals surface area contributed by atoms with E-state index in [0.29, 0.717) is 0 Å². The van der Waals surface area contributed by atoms with Crippen LogP contribution in [-0.2, 0) is 0 Å². The first-order valence-electron chi connectivity index (χ1n) is 9.33. The van der Waals surface area contributed by atoms with E-state index in [0.717, 1.165) is 12.8 Å². The average molecular weight is 357 g/mol. The molecule has 4 rings (SSSR count). The molecule has 0 unspecified atom stereocenters. The first-order chi connectivity index (χ1) is 12.8. The van der Waals surface area contributed by atoms with Gasteiger partial charge in [0.15, 0.2) is 8.07 Å². The second-order valence-electron chi connectivity index (χ2n) is 7.02. The molecule has 0 bridgehead atoms. The maximum atomic E-state index is 11.1. The summed E-state index contributed by atoms with van der Waals surface area (Å²) in [5.74, 6) is 0. The molecule has 1 nitrogen and oxygen atoms in total. The first-order valence-corrected chi connectivity index (χ1v) is 11.4. The Morgan fingerprint density at radius 1 is 0.577 bits per heavy atom. The van der Waals surface area contributed by atoms with Gasteiger partial charge in [0.2, 0.25) is 0 Å². The van der Waals surface area contributed by atoms with Crippen molar-refractivity contribution in [3.63, 3.8) is 0 Å². The summed E-state index contributed by atoms with van der Waals surface area (Å²) >= 11 is 0. The van der Waals surface area contributed by atoms with Gasteiger partial charge < -0.3 is 5.11 Å². The third-order valence-electron chi connectivity index (χ3n) is 5.64. The summed E-state index contributed by atoms with van der Waals surface area (Å²) in [5.41, 5.74) is 0.222. The average Bonchev–Trinajstić information content (AvgIpc) is 2.72. The summed E-state index contributed by atoms with van der Waals surface area (Å²) in [7, 11) is -2.39. The zero-order valence-corrected chi connectivity index (χ0v) is 15.8. The SMILES string of the molecule is O[C@@H]1CC=CC[C@H]1[Si](c1ccccc1)(c1ccccc1)c1ccccc1. The monoisotopic (exact) mass is 356 g/mol. The van der Waals surface area contributed by atoms with Crippen LogP contribution in [-0.4, -0.2) is 19.3 Å². The van der Waals surface area contributed by atoms with Gasteiger partial charge in [-0.25, -0.2) is 0 Å². The smallest absolute Gasteiger partial charge is 0.154 e. The van der Waals surface area contributed by atoms with E-state index >= 15 is 0 Å². The summed E-state index contributed by atoms with van der Waals surface area (Å²) < 4.78 is 0. The van der Waals surface area contributed by atoms with Crippen molar-refractivity contribution in [1.29, 1.82) is 0 Å². The van der Waals surface area contributed by atoms with Gasteiger partial charge in [-0.1, -0.05) is 103 Å². The van der Waals surface area contributed by atoms with Crippen LogP contribution in [0.1, 0.15) is 12.8 Å². The van der Waals surface area contributed by atoms with Crippen molar-refractivity contribution in [2.75, 3.05) is 0 Å².